The van der Waals surface area contributed by atoms with Gasteiger partial charge >= 0.3 is 11.9 Å². The number of allylic oxidation sites excluding steroid dienone is 1. The number of fused-ring (bicyclic) bond motifs is 4. The number of benzene rings is 4. The Morgan fingerprint density at radius 1 is 0.698 bits per heavy atom. The fraction of sp³-hybridized carbons (Fsp3) is 0.507. The molecule has 0 radical (unpaired) electrons. The largest absolute Gasteiger partial charge is 0.482 e. The first kappa shape index (κ1) is 74.4. The van der Waals surface area contributed by atoms with Crippen LogP contribution in [0.2, 0.25) is 0 Å². The fourth-order valence-corrected chi connectivity index (χ4v) is 12.2. The average Bonchev–Trinajstić information content (AvgIpc) is 1.37. The van der Waals surface area contributed by atoms with E-state index in [1.165, 1.54) is 25.7 Å². The molecule has 4 aromatic carbocycles. The van der Waals surface area contributed by atoms with E-state index in [1.54, 1.807) is 134 Å². The molecule has 516 valence electrons. The first-order chi connectivity index (χ1) is 45.5. The summed E-state index contributed by atoms with van der Waals surface area (Å²) in [5.74, 6) is -6.21. The van der Waals surface area contributed by atoms with Gasteiger partial charge in [-0.1, -0.05) is 107 Å². The number of hydrogen-bond donors (Lipinski definition) is 3. The van der Waals surface area contributed by atoms with E-state index in [0.717, 1.165) is 16.7 Å². The third-order valence-corrected chi connectivity index (χ3v) is 17.9. The van der Waals surface area contributed by atoms with Gasteiger partial charge in [-0.3, -0.25) is 43.2 Å². The molecule has 7 amide bonds. The molecule has 3 aliphatic heterocycles. The molecule has 3 heterocycles. The Labute approximate surface area is 564 Å². The summed E-state index contributed by atoms with van der Waals surface area (Å²) in [7, 11) is 3.16. The summed E-state index contributed by atoms with van der Waals surface area (Å²) in [5.41, 5.74) is 3.03. The van der Waals surface area contributed by atoms with Crippen molar-refractivity contribution in [2.24, 2.45) is 11.3 Å². The third-order valence-electron chi connectivity index (χ3n) is 17.9. The van der Waals surface area contributed by atoms with Crippen molar-refractivity contribution in [3.63, 3.8) is 0 Å². The Morgan fingerprint density at radius 2 is 1.38 bits per heavy atom. The molecule has 0 unspecified atom stereocenters. The monoisotopic (exact) mass is 1320 g/mol. The van der Waals surface area contributed by atoms with Gasteiger partial charge in [-0.25, -0.2) is 9.59 Å². The summed E-state index contributed by atoms with van der Waals surface area (Å²) in [6, 6.07) is 22.2. The number of anilines is 1. The normalized spacial score (nSPS) is 22.4. The standard InChI is InChI=1S/C75H97N7O14/c1-48(2)43-61-70(90)79(10)40-17-15-25-56(83)38-39-75(8,9)67(87)72(92)82-41-18-16-26-60(82)73(93)95-62(35-32-51-29-28-49(3)50(4)44-51)54-23-19-24-55(46-54)76-63(84)36-37-64(85)78-66(53-21-13-12-14-22-53)68(88)77-58(69(89)81-42-20-27-59(81)71(91)80(61)11)45-52-30-33-57(34-31-52)94-47-65(86)96-74(5,6)7/h12-15,19,21-25,28-31,33-34,44,46,48,58-62,66H,16-18,20,26-27,32,35-43,45,47H2,1-11H3,(H,76,84)(H,77,88)(H,78,85)/t58-,59+,60-,61-,62+,66-/m0/s1. The number of ketones is 2. The number of esters is 2. The van der Waals surface area contributed by atoms with E-state index in [2.05, 4.69) is 22.0 Å². The highest BCUT2D eigenvalue weighted by atomic mass is 16.6. The second-order valence-corrected chi connectivity index (χ2v) is 27.7. The first-order valence-corrected chi connectivity index (χ1v) is 33.6. The summed E-state index contributed by atoms with van der Waals surface area (Å²) in [4.78, 5) is 162. The van der Waals surface area contributed by atoms with E-state index in [9.17, 15) is 47.9 Å². The molecule has 2 bridgehead atoms. The van der Waals surface area contributed by atoms with Crippen LogP contribution in [0.4, 0.5) is 5.69 Å². The average molecular weight is 1320 g/mol. The molecule has 7 rings (SSSR count). The molecule has 0 aliphatic carbocycles. The molecule has 21 heteroatoms. The molecule has 0 aromatic heterocycles. The van der Waals surface area contributed by atoms with Crippen LogP contribution in [-0.2, 0) is 75.1 Å². The van der Waals surface area contributed by atoms with Crippen molar-refractivity contribution >= 4 is 70.5 Å². The van der Waals surface area contributed by atoms with E-state index < -0.39 is 100 Å². The SMILES string of the molecule is Cc1ccc(CC[C@H]2OC(=O)[C@@H]3CCCCN3C(=O)C(=O)C(C)(C)CCC(=O)C=CCCN(C)C(=O)[C@H](CC(C)C)N(C)C(=O)[C@H]3CCCN3C(=O)[C@H](Cc3ccc(OCC(=O)OC(C)(C)C)cc3)NC(=O)[C@H](c3ccccc3)NC(=O)CCC(=O)Nc3cccc2c3)cc1C. The molecule has 0 saturated carbocycles. The maximum Gasteiger partial charge on any atom is 0.344 e. The van der Waals surface area contributed by atoms with E-state index in [0.29, 0.717) is 60.2 Å². The number of aryl methyl sites for hydroxylation is 3. The number of hydrogen-bond acceptors (Lipinski definition) is 14. The van der Waals surface area contributed by atoms with Crippen LogP contribution in [0, 0.1) is 25.2 Å². The number of carbonyl (C=O) groups is 11. The van der Waals surface area contributed by atoms with Crippen molar-refractivity contribution in [2.75, 3.05) is 45.7 Å². The zero-order valence-corrected chi connectivity index (χ0v) is 57.7. The highest BCUT2D eigenvalue weighted by Crippen LogP contribution is 2.32. The molecule has 0 spiro atoms. The van der Waals surface area contributed by atoms with Gasteiger partial charge < -0.3 is 49.8 Å². The number of carbonyl (C=O) groups excluding carboxylic acids is 11. The smallest absolute Gasteiger partial charge is 0.344 e. The summed E-state index contributed by atoms with van der Waals surface area (Å²) in [6.07, 6.45) is 4.85. The third kappa shape index (κ3) is 21.2. The Morgan fingerprint density at radius 3 is 2.07 bits per heavy atom. The van der Waals surface area contributed by atoms with E-state index in [4.69, 9.17) is 14.2 Å². The predicted octanol–water partition coefficient (Wildman–Crippen LogP) is 9.15. The zero-order chi connectivity index (χ0) is 70.0. The number of piperidine rings is 1. The molecule has 2 fully saturated rings. The van der Waals surface area contributed by atoms with Crippen LogP contribution >= 0.6 is 0 Å². The Kier molecular flexibility index (Phi) is 26.4. The second-order valence-electron chi connectivity index (χ2n) is 27.7. The van der Waals surface area contributed by atoms with Crippen LogP contribution < -0.4 is 20.7 Å². The van der Waals surface area contributed by atoms with Crippen molar-refractivity contribution < 1.29 is 67.0 Å². The molecule has 3 N–H and O–H groups in total. The van der Waals surface area contributed by atoms with Gasteiger partial charge in [-0.2, -0.15) is 0 Å². The lowest BCUT2D eigenvalue weighted by atomic mass is 9.81. The molecule has 3 aliphatic rings. The molecular formula is C75H97N7O14. The number of Topliss-reactive ketones (excluding diaryl/α,β-unsaturated/α-hetero) is 1. The summed E-state index contributed by atoms with van der Waals surface area (Å²) < 4.78 is 17.5. The van der Waals surface area contributed by atoms with Crippen LogP contribution in [0.1, 0.15) is 171 Å². The van der Waals surface area contributed by atoms with Crippen molar-refractivity contribution in [1.82, 2.24) is 30.2 Å². The van der Waals surface area contributed by atoms with Gasteiger partial charge in [0.05, 0.1) is 0 Å². The van der Waals surface area contributed by atoms with Gasteiger partial charge in [0.2, 0.25) is 41.2 Å². The van der Waals surface area contributed by atoms with E-state index in [1.807, 2.05) is 39.8 Å². The fourth-order valence-electron chi connectivity index (χ4n) is 12.2. The van der Waals surface area contributed by atoms with Crippen molar-refractivity contribution in [2.45, 2.75) is 194 Å². The van der Waals surface area contributed by atoms with Gasteiger partial charge in [0, 0.05) is 70.5 Å². The lowest BCUT2D eigenvalue weighted by Gasteiger charge is -2.36. The van der Waals surface area contributed by atoms with Crippen molar-refractivity contribution in [3.05, 3.63) is 143 Å². The Bertz CT molecular complexity index is 3490. The van der Waals surface area contributed by atoms with Crippen molar-refractivity contribution in [1.29, 1.82) is 0 Å². The first-order valence-electron chi connectivity index (χ1n) is 33.6. The number of cyclic esters (lactones) is 1. The number of rotatable bonds is 11. The van der Waals surface area contributed by atoms with Gasteiger partial charge in [0.1, 0.15) is 47.7 Å². The van der Waals surface area contributed by atoms with E-state index in [-0.39, 0.29) is 102 Å². The maximum atomic E-state index is 15.3. The minimum absolute atomic E-state index is 0.0392. The molecule has 6 atom stereocenters. The highest BCUT2D eigenvalue weighted by molar-refractivity contribution is 6.38. The molecule has 2 saturated heterocycles. The van der Waals surface area contributed by atoms with Crippen LogP contribution in [0.25, 0.3) is 0 Å². The van der Waals surface area contributed by atoms with Crippen LogP contribution in [0.15, 0.2) is 109 Å². The molecule has 96 heavy (non-hydrogen) atoms. The maximum absolute atomic E-state index is 15.3. The summed E-state index contributed by atoms with van der Waals surface area (Å²) in [5, 5.41) is 8.58. The number of nitrogens with zero attached hydrogens (tertiary/aromatic N) is 4. The van der Waals surface area contributed by atoms with Crippen molar-refractivity contribution in [3.8, 4) is 5.75 Å². The van der Waals surface area contributed by atoms with Gasteiger partial charge in [-0.15, -0.1) is 0 Å². The predicted molar refractivity (Wildman–Crippen MR) is 363 cm³/mol. The van der Waals surface area contributed by atoms with Crippen LogP contribution in [0.5, 0.6) is 5.75 Å². The number of amides is 7. The molecule has 21 nitrogen and oxygen atoms in total. The summed E-state index contributed by atoms with van der Waals surface area (Å²) in [6.45, 7) is 16.5. The Hall–Kier alpha value is -9.01. The Balaban J connectivity index is 1.20. The van der Waals surface area contributed by atoms with E-state index >= 15 is 4.79 Å². The van der Waals surface area contributed by atoms with Crippen LogP contribution in [-0.4, -0.2) is 155 Å². The summed E-state index contributed by atoms with van der Waals surface area (Å²) >= 11 is 0. The van der Waals surface area contributed by atoms with Gasteiger partial charge in [-0.05, 0) is 168 Å². The quantitative estimate of drug-likeness (QED) is 0.0934. The number of ether oxygens (including phenoxy) is 3. The minimum Gasteiger partial charge on any atom is -0.482 e. The highest BCUT2D eigenvalue weighted by Gasteiger charge is 2.44. The second kappa shape index (κ2) is 34.1. The minimum atomic E-state index is -1.37. The zero-order valence-electron chi connectivity index (χ0n) is 57.7. The number of nitrogens with one attached hydrogen (secondary N) is 3. The van der Waals surface area contributed by atoms with Crippen LogP contribution in [0.3, 0.4) is 0 Å². The van der Waals surface area contributed by atoms with Gasteiger partial charge in [0.25, 0.3) is 5.91 Å². The van der Waals surface area contributed by atoms with Gasteiger partial charge in [0.15, 0.2) is 12.4 Å². The lowest BCUT2D eigenvalue weighted by Crippen LogP contribution is -2.58. The number of likely N-dealkylation sites (N-methyl/N-ethyl adjacent to an activating group) is 2. The molecule has 4 aromatic rings. The topological polar surface area (TPSA) is 265 Å². The lowest BCUT2D eigenvalue weighted by molar-refractivity contribution is -0.164. The molecular weight excluding hydrogens is 1220 g/mol.